The minimum atomic E-state index is -0.375. The number of rotatable bonds is 4. The van der Waals surface area contributed by atoms with Gasteiger partial charge in [0.05, 0.1) is 11.9 Å². The van der Waals surface area contributed by atoms with Crippen molar-refractivity contribution in [1.29, 1.82) is 0 Å². The van der Waals surface area contributed by atoms with E-state index in [9.17, 15) is 9.59 Å². The number of nitrogens with zero attached hydrogens (tertiary/aromatic N) is 1. The lowest BCUT2D eigenvalue weighted by Gasteiger charge is -2.02. The number of aromatic nitrogens is 2. The van der Waals surface area contributed by atoms with Gasteiger partial charge in [0.15, 0.2) is 0 Å². The lowest BCUT2D eigenvalue weighted by molar-refractivity contribution is 0.0954. The number of furan rings is 1. The summed E-state index contributed by atoms with van der Waals surface area (Å²) in [5.74, 6) is 0.0713. The van der Waals surface area contributed by atoms with Crippen molar-refractivity contribution in [3.63, 3.8) is 0 Å². The third kappa shape index (κ3) is 2.57. The van der Waals surface area contributed by atoms with E-state index in [1.165, 1.54) is 6.33 Å². The van der Waals surface area contributed by atoms with Crippen LogP contribution in [0, 0.1) is 6.92 Å². The first-order chi connectivity index (χ1) is 9.15. The smallest absolute Gasteiger partial charge is 0.262 e. The summed E-state index contributed by atoms with van der Waals surface area (Å²) in [5.41, 5.74) is 0.0603. The molecule has 0 saturated carbocycles. The molecule has 2 N–H and O–H groups in total. The van der Waals surface area contributed by atoms with Crippen LogP contribution in [0.4, 0.5) is 0 Å². The van der Waals surface area contributed by atoms with Crippen LogP contribution in [0.15, 0.2) is 27.7 Å². The zero-order valence-corrected chi connectivity index (χ0v) is 10.8. The molecule has 0 aliphatic carbocycles. The number of hydrogen-bond donors (Lipinski definition) is 2. The molecule has 2 rings (SSSR count). The molecule has 0 fully saturated rings. The van der Waals surface area contributed by atoms with Gasteiger partial charge in [0.25, 0.3) is 11.5 Å². The highest BCUT2D eigenvalue weighted by molar-refractivity contribution is 6.06. The molecule has 0 bridgehead atoms. The second-order valence-electron chi connectivity index (χ2n) is 4.06. The van der Waals surface area contributed by atoms with Crippen molar-refractivity contribution in [2.45, 2.75) is 20.3 Å². The molecule has 0 unspecified atom stereocenters. The van der Waals surface area contributed by atoms with Crippen molar-refractivity contribution in [3.8, 4) is 0 Å². The Morgan fingerprint density at radius 1 is 1.58 bits per heavy atom. The van der Waals surface area contributed by atoms with Crippen LogP contribution in [0.25, 0.3) is 11.1 Å². The van der Waals surface area contributed by atoms with Crippen LogP contribution in [-0.2, 0) is 0 Å². The molecular formula is C13H15N3O3. The van der Waals surface area contributed by atoms with Crippen molar-refractivity contribution >= 4 is 17.0 Å². The fraction of sp³-hybridized carbons (Fsp3) is 0.308. The molecule has 2 aromatic heterocycles. The fourth-order valence-electron chi connectivity index (χ4n) is 1.85. The predicted octanol–water partition coefficient (Wildman–Crippen LogP) is 1.52. The number of carbonyl (C=O) groups excluding carboxylic acids is 1. The molecule has 1 amide bonds. The van der Waals surface area contributed by atoms with Crippen LogP contribution in [0.3, 0.4) is 0 Å². The van der Waals surface area contributed by atoms with E-state index in [0.717, 1.165) is 6.42 Å². The predicted molar refractivity (Wildman–Crippen MR) is 71.1 cm³/mol. The number of allylic oxidation sites excluding steroid dienone is 1. The molecular weight excluding hydrogens is 246 g/mol. The number of carbonyl (C=O) groups is 1. The number of H-pyrrole nitrogens is 1. The summed E-state index contributed by atoms with van der Waals surface area (Å²) in [6, 6.07) is 0. The van der Waals surface area contributed by atoms with Gasteiger partial charge in [-0.25, -0.2) is 4.98 Å². The normalized spacial score (nSPS) is 11.3. The van der Waals surface area contributed by atoms with Gasteiger partial charge in [-0.2, -0.15) is 0 Å². The quantitative estimate of drug-likeness (QED) is 0.645. The summed E-state index contributed by atoms with van der Waals surface area (Å²) in [6.45, 7) is 4.07. The van der Waals surface area contributed by atoms with E-state index in [1.54, 1.807) is 6.92 Å². The first kappa shape index (κ1) is 13.1. The second-order valence-corrected chi connectivity index (χ2v) is 4.06. The van der Waals surface area contributed by atoms with Gasteiger partial charge in [-0.15, -0.1) is 0 Å². The average molecular weight is 261 g/mol. The summed E-state index contributed by atoms with van der Waals surface area (Å²) in [7, 11) is 0. The standard InChI is InChI=1S/C13H15N3O3/c1-3-4-5-6-14-11(17)9-8(2)19-13-10(9)12(18)15-7-16-13/h3-4,7H,5-6H2,1-2H3,(H,14,17)(H,15,16,18)/b4-3+. The minimum Gasteiger partial charge on any atom is -0.442 e. The zero-order chi connectivity index (χ0) is 13.8. The summed E-state index contributed by atoms with van der Waals surface area (Å²) in [6.07, 6.45) is 5.86. The number of nitrogens with one attached hydrogen (secondary N) is 2. The summed E-state index contributed by atoms with van der Waals surface area (Å²) in [4.78, 5) is 30.2. The van der Waals surface area contributed by atoms with E-state index in [4.69, 9.17) is 4.42 Å². The third-order valence-corrected chi connectivity index (χ3v) is 2.73. The van der Waals surface area contributed by atoms with E-state index >= 15 is 0 Å². The maximum atomic E-state index is 12.1. The van der Waals surface area contributed by atoms with E-state index in [0.29, 0.717) is 12.3 Å². The Balaban J connectivity index is 2.31. The van der Waals surface area contributed by atoms with Crippen molar-refractivity contribution in [2.75, 3.05) is 6.54 Å². The molecule has 0 atom stereocenters. The lowest BCUT2D eigenvalue weighted by Crippen LogP contribution is -2.25. The van der Waals surface area contributed by atoms with Crippen LogP contribution >= 0.6 is 0 Å². The van der Waals surface area contributed by atoms with Crippen LogP contribution in [0.1, 0.15) is 29.5 Å². The number of aryl methyl sites for hydroxylation is 1. The molecule has 2 heterocycles. The number of hydrogen-bond acceptors (Lipinski definition) is 4. The largest absolute Gasteiger partial charge is 0.442 e. The molecule has 2 aromatic rings. The highest BCUT2D eigenvalue weighted by Gasteiger charge is 2.20. The third-order valence-electron chi connectivity index (χ3n) is 2.73. The molecule has 0 spiro atoms. The van der Waals surface area contributed by atoms with E-state index in [-0.39, 0.29) is 28.1 Å². The van der Waals surface area contributed by atoms with Crippen LogP contribution < -0.4 is 10.9 Å². The number of aromatic amines is 1. The molecule has 0 aliphatic rings. The summed E-state index contributed by atoms with van der Waals surface area (Å²) >= 11 is 0. The highest BCUT2D eigenvalue weighted by Crippen LogP contribution is 2.19. The van der Waals surface area contributed by atoms with Crippen molar-refractivity contribution in [1.82, 2.24) is 15.3 Å². The minimum absolute atomic E-state index is 0.180. The fourth-order valence-corrected chi connectivity index (χ4v) is 1.85. The Kier molecular flexibility index (Phi) is 3.79. The van der Waals surface area contributed by atoms with Gasteiger partial charge in [0.1, 0.15) is 11.1 Å². The highest BCUT2D eigenvalue weighted by atomic mass is 16.3. The molecule has 0 radical (unpaired) electrons. The van der Waals surface area contributed by atoms with Gasteiger partial charge in [-0.3, -0.25) is 9.59 Å². The monoisotopic (exact) mass is 261 g/mol. The molecule has 0 aromatic carbocycles. The molecule has 6 nitrogen and oxygen atoms in total. The van der Waals surface area contributed by atoms with Crippen molar-refractivity contribution < 1.29 is 9.21 Å². The number of amides is 1. The van der Waals surface area contributed by atoms with Crippen LogP contribution in [0.5, 0.6) is 0 Å². The Labute approximate surface area is 109 Å². The number of fused-ring (bicyclic) bond motifs is 1. The lowest BCUT2D eigenvalue weighted by atomic mass is 10.2. The van der Waals surface area contributed by atoms with Crippen LogP contribution in [0.2, 0.25) is 0 Å². The first-order valence-corrected chi connectivity index (χ1v) is 6.01. The van der Waals surface area contributed by atoms with E-state index in [2.05, 4.69) is 15.3 Å². The SMILES string of the molecule is C/C=C/CCNC(=O)c1c(C)oc2nc[nH]c(=O)c12. The Morgan fingerprint density at radius 2 is 2.37 bits per heavy atom. The topological polar surface area (TPSA) is 88.0 Å². The molecule has 19 heavy (non-hydrogen) atoms. The maximum Gasteiger partial charge on any atom is 0.262 e. The second kappa shape index (κ2) is 5.51. The molecule has 100 valence electrons. The van der Waals surface area contributed by atoms with Gasteiger partial charge in [0.2, 0.25) is 5.71 Å². The van der Waals surface area contributed by atoms with Gasteiger partial charge >= 0.3 is 0 Å². The average Bonchev–Trinajstić information content (AvgIpc) is 2.72. The van der Waals surface area contributed by atoms with Gasteiger partial charge in [0, 0.05) is 6.54 Å². The Bertz CT molecular complexity index is 682. The van der Waals surface area contributed by atoms with E-state index < -0.39 is 0 Å². The summed E-state index contributed by atoms with van der Waals surface area (Å²) in [5, 5.41) is 2.95. The molecule has 0 saturated heterocycles. The van der Waals surface area contributed by atoms with E-state index in [1.807, 2.05) is 19.1 Å². The Morgan fingerprint density at radius 3 is 3.11 bits per heavy atom. The van der Waals surface area contributed by atoms with Gasteiger partial charge in [-0.05, 0) is 20.3 Å². The molecule has 6 heteroatoms. The van der Waals surface area contributed by atoms with Crippen LogP contribution in [-0.4, -0.2) is 22.4 Å². The summed E-state index contributed by atoms with van der Waals surface area (Å²) < 4.78 is 5.32. The van der Waals surface area contributed by atoms with Crippen molar-refractivity contribution in [3.05, 3.63) is 40.2 Å². The Hall–Kier alpha value is -2.37. The zero-order valence-electron chi connectivity index (χ0n) is 10.8. The first-order valence-electron chi connectivity index (χ1n) is 6.01. The molecule has 0 aliphatic heterocycles. The van der Waals surface area contributed by atoms with Gasteiger partial charge in [-0.1, -0.05) is 12.2 Å². The van der Waals surface area contributed by atoms with Crippen molar-refractivity contribution in [2.24, 2.45) is 0 Å². The van der Waals surface area contributed by atoms with Gasteiger partial charge < -0.3 is 14.7 Å². The maximum absolute atomic E-state index is 12.1.